The molecule has 0 unspecified atom stereocenters. The maximum absolute atomic E-state index is 12.1. The Morgan fingerprint density at radius 3 is 2.70 bits per heavy atom. The molecule has 1 heterocycles. The van der Waals surface area contributed by atoms with E-state index < -0.39 is 21.6 Å². The van der Waals surface area contributed by atoms with E-state index in [-0.39, 0.29) is 27.2 Å². The molecule has 0 bridgehead atoms. The third kappa shape index (κ3) is 2.97. The SMILES string of the molecule is Cc1nc(CS(=O)(=O)c2ccc(Cl)c(C(=O)O)c2)no1. The van der Waals surface area contributed by atoms with Crippen molar-refractivity contribution in [2.75, 3.05) is 0 Å². The summed E-state index contributed by atoms with van der Waals surface area (Å²) >= 11 is 5.69. The molecule has 106 valence electrons. The number of hydrogen-bond donors (Lipinski definition) is 1. The van der Waals surface area contributed by atoms with Crippen molar-refractivity contribution in [3.8, 4) is 0 Å². The molecule has 2 rings (SSSR count). The van der Waals surface area contributed by atoms with E-state index in [9.17, 15) is 13.2 Å². The molecule has 0 amide bonds. The van der Waals surface area contributed by atoms with Crippen molar-refractivity contribution in [1.29, 1.82) is 0 Å². The predicted molar refractivity (Wildman–Crippen MR) is 68.3 cm³/mol. The van der Waals surface area contributed by atoms with E-state index in [1.807, 2.05) is 0 Å². The number of carboxylic acid groups (broad SMARTS) is 1. The van der Waals surface area contributed by atoms with E-state index in [1.165, 1.54) is 19.1 Å². The maximum Gasteiger partial charge on any atom is 0.337 e. The lowest BCUT2D eigenvalue weighted by atomic mass is 10.2. The Hall–Kier alpha value is -1.93. The largest absolute Gasteiger partial charge is 0.478 e. The quantitative estimate of drug-likeness (QED) is 0.913. The lowest BCUT2D eigenvalue weighted by Gasteiger charge is -2.04. The fourth-order valence-electron chi connectivity index (χ4n) is 1.51. The third-order valence-corrected chi connectivity index (χ3v) is 4.36. The van der Waals surface area contributed by atoms with Crippen molar-refractivity contribution in [2.24, 2.45) is 0 Å². The average Bonchev–Trinajstić information content (AvgIpc) is 2.73. The van der Waals surface area contributed by atoms with Crippen LogP contribution in [0.1, 0.15) is 22.1 Å². The molecule has 0 aliphatic heterocycles. The highest BCUT2D eigenvalue weighted by atomic mass is 35.5. The maximum atomic E-state index is 12.1. The number of aryl methyl sites for hydroxylation is 1. The first-order chi connectivity index (χ1) is 9.29. The molecule has 1 N–H and O–H groups in total. The van der Waals surface area contributed by atoms with E-state index in [0.29, 0.717) is 0 Å². The summed E-state index contributed by atoms with van der Waals surface area (Å²) in [5.41, 5.74) is -0.281. The minimum Gasteiger partial charge on any atom is -0.478 e. The summed E-state index contributed by atoms with van der Waals surface area (Å²) in [6.07, 6.45) is 0. The highest BCUT2D eigenvalue weighted by Crippen LogP contribution is 2.22. The number of carboxylic acids is 1. The first-order valence-corrected chi connectivity index (χ1v) is 7.37. The summed E-state index contributed by atoms with van der Waals surface area (Å²) in [7, 11) is -3.78. The van der Waals surface area contributed by atoms with Crippen molar-refractivity contribution in [3.63, 3.8) is 0 Å². The third-order valence-electron chi connectivity index (χ3n) is 2.42. The molecule has 0 fully saturated rings. The van der Waals surface area contributed by atoms with E-state index in [0.717, 1.165) is 6.07 Å². The molecule has 0 saturated heterocycles. The van der Waals surface area contributed by atoms with Crippen LogP contribution in [0.15, 0.2) is 27.6 Å². The first kappa shape index (κ1) is 14.5. The van der Waals surface area contributed by atoms with Gasteiger partial charge in [0.1, 0.15) is 5.75 Å². The molecule has 20 heavy (non-hydrogen) atoms. The van der Waals surface area contributed by atoms with Gasteiger partial charge in [-0.15, -0.1) is 0 Å². The van der Waals surface area contributed by atoms with E-state index in [1.54, 1.807) is 0 Å². The van der Waals surface area contributed by atoms with Crippen molar-refractivity contribution in [2.45, 2.75) is 17.6 Å². The second kappa shape index (κ2) is 5.22. The van der Waals surface area contributed by atoms with Crippen LogP contribution < -0.4 is 0 Å². The van der Waals surface area contributed by atoms with Crippen LogP contribution in [-0.2, 0) is 15.6 Å². The predicted octanol–water partition coefficient (Wildman–Crippen LogP) is 1.70. The van der Waals surface area contributed by atoms with Crippen LogP contribution in [0.25, 0.3) is 0 Å². The Morgan fingerprint density at radius 2 is 2.15 bits per heavy atom. The Morgan fingerprint density at radius 1 is 1.45 bits per heavy atom. The summed E-state index contributed by atoms with van der Waals surface area (Å²) in [5.74, 6) is -1.53. The van der Waals surface area contributed by atoms with Gasteiger partial charge in [0.05, 0.1) is 15.5 Å². The monoisotopic (exact) mass is 316 g/mol. The fourth-order valence-corrected chi connectivity index (χ4v) is 2.91. The van der Waals surface area contributed by atoms with Crippen LogP contribution in [0.5, 0.6) is 0 Å². The van der Waals surface area contributed by atoms with Crippen molar-refractivity contribution < 1.29 is 22.8 Å². The van der Waals surface area contributed by atoms with Gasteiger partial charge in [0, 0.05) is 6.92 Å². The van der Waals surface area contributed by atoms with Crippen LogP contribution in [-0.4, -0.2) is 29.6 Å². The number of aromatic carboxylic acids is 1. The standard InChI is InChI=1S/C11H9ClN2O5S/c1-6-13-10(14-19-6)5-20(17,18)7-2-3-9(12)8(4-7)11(15)16/h2-4H,5H2,1H3,(H,15,16). The number of hydrogen-bond acceptors (Lipinski definition) is 6. The summed E-state index contributed by atoms with van der Waals surface area (Å²) in [6, 6.07) is 3.46. The zero-order valence-electron chi connectivity index (χ0n) is 10.2. The van der Waals surface area contributed by atoms with Crippen molar-refractivity contribution in [3.05, 3.63) is 40.5 Å². The normalized spacial score (nSPS) is 11.5. The van der Waals surface area contributed by atoms with Gasteiger partial charge in [0.2, 0.25) is 5.89 Å². The number of benzene rings is 1. The van der Waals surface area contributed by atoms with Gasteiger partial charge in [-0.25, -0.2) is 13.2 Å². The van der Waals surface area contributed by atoms with Gasteiger partial charge >= 0.3 is 5.97 Å². The van der Waals surface area contributed by atoms with Crippen LogP contribution in [0.3, 0.4) is 0 Å². The van der Waals surface area contributed by atoms with Crippen LogP contribution in [0.4, 0.5) is 0 Å². The van der Waals surface area contributed by atoms with Crippen LogP contribution in [0, 0.1) is 6.92 Å². The van der Waals surface area contributed by atoms with Crippen molar-refractivity contribution in [1.82, 2.24) is 10.1 Å². The molecule has 1 aromatic heterocycles. The van der Waals surface area contributed by atoms with E-state index in [2.05, 4.69) is 14.7 Å². The Kier molecular flexibility index (Phi) is 3.78. The first-order valence-electron chi connectivity index (χ1n) is 5.34. The van der Waals surface area contributed by atoms with Gasteiger partial charge in [-0.2, -0.15) is 4.98 Å². The topological polar surface area (TPSA) is 110 Å². The Labute approximate surface area is 119 Å². The summed E-state index contributed by atoms with van der Waals surface area (Å²) in [6.45, 7) is 1.54. The number of sulfone groups is 1. The van der Waals surface area contributed by atoms with Gasteiger partial charge in [-0.1, -0.05) is 16.8 Å². The molecule has 9 heteroatoms. The van der Waals surface area contributed by atoms with Crippen molar-refractivity contribution >= 4 is 27.4 Å². The molecule has 2 aromatic rings. The zero-order valence-corrected chi connectivity index (χ0v) is 11.8. The number of rotatable bonds is 4. The minimum absolute atomic E-state index is 0.00863. The summed E-state index contributed by atoms with van der Waals surface area (Å²) in [4.78, 5) is 14.6. The zero-order chi connectivity index (χ0) is 14.9. The molecule has 0 radical (unpaired) electrons. The highest BCUT2D eigenvalue weighted by Gasteiger charge is 2.21. The van der Waals surface area contributed by atoms with Crippen LogP contribution >= 0.6 is 11.6 Å². The lowest BCUT2D eigenvalue weighted by molar-refractivity contribution is 0.0697. The minimum atomic E-state index is -3.78. The molecule has 0 spiro atoms. The molecular formula is C11H9ClN2O5S. The molecule has 0 atom stereocenters. The van der Waals surface area contributed by atoms with Gasteiger partial charge in [-0.05, 0) is 18.2 Å². The summed E-state index contributed by atoms with van der Waals surface area (Å²) in [5, 5.41) is 12.4. The molecule has 0 saturated carbocycles. The smallest absolute Gasteiger partial charge is 0.337 e. The second-order valence-electron chi connectivity index (χ2n) is 3.94. The number of aromatic nitrogens is 2. The number of carbonyl (C=O) groups is 1. The molecule has 0 aliphatic rings. The Balaban J connectivity index is 2.39. The van der Waals surface area contributed by atoms with Crippen LogP contribution in [0.2, 0.25) is 5.02 Å². The average molecular weight is 317 g/mol. The molecule has 0 aliphatic carbocycles. The van der Waals surface area contributed by atoms with E-state index in [4.69, 9.17) is 16.7 Å². The van der Waals surface area contributed by atoms with Gasteiger partial charge in [0.15, 0.2) is 15.7 Å². The molecular weight excluding hydrogens is 308 g/mol. The van der Waals surface area contributed by atoms with Gasteiger partial charge in [-0.3, -0.25) is 0 Å². The Bertz CT molecular complexity index is 769. The lowest BCUT2D eigenvalue weighted by Crippen LogP contribution is -2.08. The molecule has 1 aromatic carbocycles. The number of halogens is 1. The second-order valence-corrected chi connectivity index (χ2v) is 6.33. The van der Waals surface area contributed by atoms with E-state index >= 15 is 0 Å². The fraction of sp³-hybridized carbons (Fsp3) is 0.182. The van der Waals surface area contributed by atoms with Gasteiger partial charge in [0.25, 0.3) is 0 Å². The summed E-state index contributed by atoms with van der Waals surface area (Å²) < 4.78 is 29.0. The number of nitrogens with zero attached hydrogens (tertiary/aromatic N) is 2. The highest BCUT2D eigenvalue weighted by molar-refractivity contribution is 7.90. The molecule has 7 nitrogen and oxygen atoms in total. The van der Waals surface area contributed by atoms with Gasteiger partial charge < -0.3 is 9.63 Å².